The summed E-state index contributed by atoms with van der Waals surface area (Å²) in [6.07, 6.45) is 7.99. The van der Waals surface area contributed by atoms with Crippen LogP contribution in [-0.2, 0) is 13.1 Å². The first-order valence-electron chi connectivity index (χ1n) is 27.6. The van der Waals surface area contributed by atoms with Crippen LogP contribution in [0.1, 0.15) is 61.8 Å². The number of nitrogens with zero attached hydrogens (tertiary/aromatic N) is 6. The molecule has 12 nitrogen and oxygen atoms in total. The molecule has 432 valence electrons. The first-order chi connectivity index (χ1) is 41.6. The van der Waals surface area contributed by atoms with Gasteiger partial charge in [-0.25, -0.2) is 0 Å². The van der Waals surface area contributed by atoms with Gasteiger partial charge in [-0.3, -0.25) is 0 Å². The monoisotopic (exact) mass is 1490 g/mol. The number of thiophene rings is 1. The summed E-state index contributed by atoms with van der Waals surface area (Å²) < 4.78 is 20.8. The topological polar surface area (TPSA) is 136 Å². The fourth-order valence-electron chi connectivity index (χ4n) is 9.99. The SMILES string of the molecule is C.Cc1ccc(-n2[se]c3ccccc3c2=O)cc1.O=c1c2ccccc2[se]n1-c1ccc2ccccc2n1.O=c1c2ccccc2[se]n1C1CCCCC1.O=c1c2ccccc2[se]n1Cc1ccco1.O=c1c2ccccc2[se]n1Cc1cccs1. The average Bonchev–Trinajstić information content (AvgIpc) is 4.45. The molecule has 0 radical (unpaired) electrons. The van der Waals surface area contributed by atoms with Crippen molar-refractivity contribution in [3.8, 4) is 11.5 Å². The maximum absolute atomic E-state index is 12.4. The number of hydrogen-bond acceptors (Lipinski definition) is 8. The van der Waals surface area contributed by atoms with Crippen molar-refractivity contribution >= 4 is 144 Å². The first kappa shape index (κ1) is 60.6. The van der Waals surface area contributed by atoms with Gasteiger partial charge in [0, 0.05) is 0 Å². The van der Waals surface area contributed by atoms with Crippen molar-refractivity contribution in [2.24, 2.45) is 0 Å². The Bertz CT molecular complexity index is 4930. The summed E-state index contributed by atoms with van der Waals surface area (Å²) in [7, 11) is 0. The molecular formula is C68H58N6O6SSe5. The van der Waals surface area contributed by atoms with E-state index in [1.165, 1.54) is 55.3 Å². The van der Waals surface area contributed by atoms with E-state index in [0.29, 0.717) is 12.6 Å². The number of furan rings is 1. The van der Waals surface area contributed by atoms with Crippen LogP contribution in [0.2, 0.25) is 0 Å². The first-order valence-corrected chi connectivity index (χ1v) is 36.6. The van der Waals surface area contributed by atoms with Gasteiger partial charge in [-0.15, -0.1) is 0 Å². The number of aryl methyl sites for hydroxylation is 1. The fraction of sp³-hybridized carbons (Fsp3) is 0.147. The Morgan fingerprint density at radius 2 is 0.965 bits per heavy atom. The van der Waals surface area contributed by atoms with Gasteiger partial charge in [-0.05, 0) is 0 Å². The van der Waals surface area contributed by atoms with Crippen LogP contribution >= 0.6 is 11.3 Å². The molecule has 8 heterocycles. The third-order valence-corrected chi connectivity index (χ3v) is 26.8. The van der Waals surface area contributed by atoms with Crippen LogP contribution < -0.4 is 27.8 Å². The van der Waals surface area contributed by atoms with Crippen molar-refractivity contribution in [1.82, 2.24) is 22.8 Å². The Hall–Kier alpha value is -7.12. The maximum atomic E-state index is 12.4. The van der Waals surface area contributed by atoms with Gasteiger partial charge >= 0.3 is 527 Å². The predicted octanol–water partition coefficient (Wildman–Crippen LogP) is 12.0. The van der Waals surface area contributed by atoms with Crippen LogP contribution in [0.3, 0.4) is 0 Å². The molecule has 1 saturated carbocycles. The van der Waals surface area contributed by atoms with E-state index >= 15 is 0 Å². The van der Waals surface area contributed by atoms with E-state index in [4.69, 9.17) is 4.42 Å². The second-order valence-electron chi connectivity index (χ2n) is 20.1. The Balaban J connectivity index is 0.000000112. The van der Waals surface area contributed by atoms with Gasteiger partial charge in [0.2, 0.25) is 0 Å². The Morgan fingerprint density at radius 1 is 0.465 bits per heavy atom. The molecule has 0 atom stereocenters. The quantitative estimate of drug-likeness (QED) is 0.145. The molecule has 16 rings (SSSR count). The van der Waals surface area contributed by atoms with Crippen molar-refractivity contribution in [1.29, 1.82) is 0 Å². The second kappa shape index (κ2) is 28.1. The second-order valence-corrected chi connectivity index (χ2v) is 31.9. The number of benzene rings is 7. The van der Waals surface area contributed by atoms with Crippen LogP contribution in [0.25, 0.3) is 70.6 Å². The summed E-state index contributed by atoms with van der Waals surface area (Å²) in [6, 6.07) is 67.8. The molecule has 0 aliphatic heterocycles. The molecule has 0 bridgehead atoms. The van der Waals surface area contributed by atoms with E-state index in [9.17, 15) is 24.0 Å². The van der Waals surface area contributed by atoms with Crippen LogP contribution in [0.5, 0.6) is 0 Å². The van der Waals surface area contributed by atoms with Crippen LogP contribution in [0.4, 0.5) is 0 Å². The summed E-state index contributed by atoms with van der Waals surface area (Å²) >= 11 is 2.22. The molecule has 0 saturated heterocycles. The number of fused-ring (bicyclic) bond motifs is 6. The Morgan fingerprint density at radius 3 is 1.50 bits per heavy atom. The van der Waals surface area contributed by atoms with Gasteiger partial charge < -0.3 is 0 Å². The molecule has 0 spiro atoms. The van der Waals surface area contributed by atoms with E-state index in [1.54, 1.807) is 21.2 Å². The van der Waals surface area contributed by atoms with Gasteiger partial charge in [-0.1, -0.05) is 7.43 Å². The molecule has 1 aliphatic rings. The molecule has 18 heteroatoms. The zero-order chi connectivity index (χ0) is 58.2. The van der Waals surface area contributed by atoms with Crippen LogP contribution in [0, 0.1) is 6.92 Å². The van der Waals surface area contributed by atoms with E-state index in [-0.39, 0.29) is 109 Å². The van der Waals surface area contributed by atoms with Crippen LogP contribution in [0.15, 0.2) is 246 Å². The minimum atomic E-state index is -0.0247. The molecule has 0 N–H and O–H groups in total. The van der Waals surface area contributed by atoms with Crippen molar-refractivity contribution in [2.45, 2.75) is 65.6 Å². The third kappa shape index (κ3) is 13.7. The molecule has 8 aromatic heterocycles. The molecule has 86 heavy (non-hydrogen) atoms. The summed E-state index contributed by atoms with van der Waals surface area (Å²) in [5, 5.41) is 7.49. The zero-order valence-corrected chi connectivity index (χ0v) is 55.3. The molecule has 15 aromatic rings. The predicted molar refractivity (Wildman–Crippen MR) is 359 cm³/mol. The normalized spacial score (nSPS) is 12.2. The average molecular weight is 1480 g/mol. The van der Waals surface area contributed by atoms with E-state index in [1.807, 2.05) is 199 Å². The molecule has 7 aromatic carbocycles. The van der Waals surface area contributed by atoms with E-state index in [2.05, 4.69) is 39.0 Å². The minimum absolute atomic E-state index is 0. The number of para-hydroxylation sites is 1. The molecule has 0 amide bonds. The number of pyridine rings is 1. The van der Waals surface area contributed by atoms with Crippen molar-refractivity contribution in [2.75, 3.05) is 0 Å². The van der Waals surface area contributed by atoms with Crippen molar-refractivity contribution < 1.29 is 4.42 Å². The summed E-state index contributed by atoms with van der Waals surface area (Å²) in [6.45, 7) is 3.38. The van der Waals surface area contributed by atoms with Crippen molar-refractivity contribution in [3.63, 3.8) is 0 Å². The molecular weight excluding hydrogens is 1420 g/mol. The van der Waals surface area contributed by atoms with Gasteiger partial charge in [0.1, 0.15) is 0 Å². The summed E-state index contributed by atoms with van der Waals surface area (Å²) in [4.78, 5) is 66.9. The van der Waals surface area contributed by atoms with Gasteiger partial charge in [-0.2, -0.15) is 0 Å². The van der Waals surface area contributed by atoms with Gasteiger partial charge in [0.15, 0.2) is 0 Å². The zero-order valence-electron chi connectivity index (χ0n) is 45.9. The van der Waals surface area contributed by atoms with Crippen LogP contribution in [-0.4, -0.2) is 96.5 Å². The number of rotatable bonds is 7. The summed E-state index contributed by atoms with van der Waals surface area (Å²) in [5.41, 5.74) is 3.90. The van der Waals surface area contributed by atoms with E-state index < -0.39 is 0 Å². The third-order valence-electron chi connectivity index (χ3n) is 14.3. The van der Waals surface area contributed by atoms with Crippen molar-refractivity contribution in [3.05, 3.63) is 286 Å². The number of hydrogen-bond donors (Lipinski definition) is 0. The molecule has 1 aliphatic carbocycles. The van der Waals surface area contributed by atoms with E-state index in [0.717, 1.165) is 70.2 Å². The Labute approximate surface area is 529 Å². The van der Waals surface area contributed by atoms with Gasteiger partial charge in [0.25, 0.3) is 0 Å². The molecule has 0 unspecified atom stereocenters. The van der Waals surface area contributed by atoms with Gasteiger partial charge in [0.05, 0.1) is 0 Å². The summed E-state index contributed by atoms with van der Waals surface area (Å²) in [5.74, 6) is 1.58. The Kier molecular flexibility index (Phi) is 19.8. The number of aromatic nitrogens is 6. The molecule has 1 fully saturated rings. The fourth-order valence-corrected chi connectivity index (χ4v) is 21.6. The standard InChI is InChI=1S/C16H10N2OSe.C14H11NOSe.C13H15NOSe.C12H9NO2Se.C12H9NOSSe.CH4/c19-16-12-6-2-4-8-14(12)20-18(16)15-10-9-11-5-1-3-7-13(11)17-15;1-10-6-8-11(9-7-10)15-14(16)12-4-2-3-5-13(12)17-15;15-13-11-8-4-5-9-12(11)16-14(13)10-6-2-1-3-7-10;2*14-12-10-5-1-2-6-11(10)16-13(12)8-9-4-3-7-15-9;/h1-10H;2-9H,1H3;4-5,8-10H,1-3,6-7H2;2*1-7H,8H2;1H4.